The van der Waals surface area contributed by atoms with Crippen molar-refractivity contribution in [2.75, 3.05) is 5.32 Å². The number of anilines is 1. The molecule has 2 aromatic carbocycles. The second-order valence-electron chi connectivity index (χ2n) is 6.88. The van der Waals surface area contributed by atoms with Gasteiger partial charge in [-0.2, -0.15) is 0 Å². The maximum atomic E-state index is 13.8. The van der Waals surface area contributed by atoms with Crippen molar-refractivity contribution in [2.45, 2.75) is 38.8 Å². The fourth-order valence-electron chi connectivity index (χ4n) is 3.01. The van der Waals surface area contributed by atoms with Gasteiger partial charge in [0, 0.05) is 18.1 Å². The van der Waals surface area contributed by atoms with E-state index in [9.17, 15) is 8.78 Å². The lowest BCUT2D eigenvalue weighted by Crippen LogP contribution is -2.42. The number of ether oxygens (including phenoxy) is 1. The monoisotopic (exact) mass is 362 g/mol. The molecule has 132 valence electrons. The summed E-state index contributed by atoms with van der Waals surface area (Å²) >= 11 is 5.32. The number of benzene rings is 2. The molecule has 2 aromatic rings. The summed E-state index contributed by atoms with van der Waals surface area (Å²) in [7, 11) is 0. The number of halogens is 2. The van der Waals surface area contributed by atoms with E-state index in [-0.39, 0.29) is 22.4 Å². The predicted octanol–water partition coefficient (Wildman–Crippen LogP) is 4.86. The van der Waals surface area contributed by atoms with Crippen LogP contribution in [0.15, 0.2) is 36.4 Å². The molecule has 6 heteroatoms. The summed E-state index contributed by atoms with van der Waals surface area (Å²) in [5.41, 5.74) is 1.92. The molecule has 1 aliphatic rings. The van der Waals surface area contributed by atoms with Crippen molar-refractivity contribution in [1.29, 1.82) is 0 Å². The molecule has 2 N–H and O–H groups in total. The first-order chi connectivity index (χ1) is 11.7. The number of hydrogen-bond acceptors (Lipinski definition) is 2. The Hall–Kier alpha value is -2.21. The molecule has 0 spiro atoms. The van der Waals surface area contributed by atoms with Gasteiger partial charge in [0.05, 0.1) is 11.7 Å². The lowest BCUT2D eigenvalue weighted by atomic mass is 9.89. The highest BCUT2D eigenvalue weighted by atomic mass is 32.1. The highest BCUT2D eigenvalue weighted by Gasteiger charge is 2.34. The zero-order valence-electron chi connectivity index (χ0n) is 14.3. The first kappa shape index (κ1) is 17.6. The minimum absolute atomic E-state index is 0.0674. The van der Waals surface area contributed by atoms with E-state index >= 15 is 0 Å². The van der Waals surface area contributed by atoms with Gasteiger partial charge >= 0.3 is 0 Å². The fourth-order valence-corrected chi connectivity index (χ4v) is 3.26. The van der Waals surface area contributed by atoms with Crippen LogP contribution in [0.5, 0.6) is 5.75 Å². The van der Waals surface area contributed by atoms with Crippen molar-refractivity contribution in [3.8, 4) is 5.75 Å². The molecule has 0 saturated carbocycles. The van der Waals surface area contributed by atoms with Gasteiger partial charge in [-0.1, -0.05) is 17.7 Å². The second kappa shape index (κ2) is 6.59. The van der Waals surface area contributed by atoms with Crippen LogP contribution in [0.25, 0.3) is 0 Å². The molecule has 1 atom stereocenters. The van der Waals surface area contributed by atoms with E-state index in [0.29, 0.717) is 6.42 Å². The van der Waals surface area contributed by atoms with Gasteiger partial charge in [-0.3, -0.25) is 0 Å². The number of aryl methyl sites for hydroxylation is 1. The van der Waals surface area contributed by atoms with Crippen molar-refractivity contribution in [1.82, 2.24) is 5.32 Å². The average molecular weight is 362 g/mol. The topological polar surface area (TPSA) is 33.3 Å². The molecule has 0 bridgehead atoms. The Balaban J connectivity index is 1.80. The SMILES string of the molecule is Cc1ccc2c(c1)[C@H](NC(=S)Nc1ccc(F)cc1F)CC(C)(C)O2. The number of nitrogens with one attached hydrogen (secondary N) is 2. The minimum atomic E-state index is -0.687. The number of thiocarbonyl (C=S) groups is 1. The quantitative estimate of drug-likeness (QED) is 0.748. The molecule has 0 radical (unpaired) electrons. The van der Waals surface area contributed by atoms with Gasteiger partial charge in [0.25, 0.3) is 0 Å². The lowest BCUT2D eigenvalue weighted by Gasteiger charge is -2.38. The van der Waals surface area contributed by atoms with E-state index in [0.717, 1.165) is 22.9 Å². The molecule has 3 nitrogen and oxygen atoms in total. The Morgan fingerprint density at radius 2 is 1.96 bits per heavy atom. The molecule has 1 aliphatic heterocycles. The van der Waals surface area contributed by atoms with Crippen molar-refractivity contribution >= 4 is 23.0 Å². The van der Waals surface area contributed by atoms with Crippen LogP contribution < -0.4 is 15.4 Å². The van der Waals surface area contributed by atoms with Crippen LogP contribution in [0.2, 0.25) is 0 Å². The van der Waals surface area contributed by atoms with Crippen molar-refractivity contribution in [3.63, 3.8) is 0 Å². The fraction of sp³-hybridized carbons (Fsp3) is 0.316. The average Bonchev–Trinajstić information content (AvgIpc) is 2.50. The van der Waals surface area contributed by atoms with Crippen molar-refractivity contribution < 1.29 is 13.5 Å². The van der Waals surface area contributed by atoms with Gasteiger partial charge in [-0.05, 0) is 51.2 Å². The highest BCUT2D eigenvalue weighted by molar-refractivity contribution is 7.80. The minimum Gasteiger partial charge on any atom is -0.487 e. The van der Waals surface area contributed by atoms with E-state index in [4.69, 9.17) is 17.0 Å². The van der Waals surface area contributed by atoms with Gasteiger partial charge in [0.2, 0.25) is 0 Å². The Morgan fingerprint density at radius 1 is 1.20 bits per heavy atom. The van der Waals surface area contributed by atoms with E-state index < -0.39 is 11.6 Å². The first-order valence-corrected chi connectivity index (χ1v) is 8.46. The summed E-state index contributed by atoms with van der Waals surface area (Å²) in [6, 6.07) is 9.28. The van der Waals surface area contributed by atoms with E-state index in [1.807, 2.05) is 32.9 Å². The Kier molecular flexibility index (Phi) is 4.64. The maximum Gasteiger partial charge on any atom is 0.171 e. The molecule has 0 saturated heterocycles. The van der Waals surface area contributed by atoms with Crippen molar-refractivity contribution in [2.24, 2.45) is 0 Å². The Morgan fingerprint density at radius 3 is 2.68 bits per heavy atom. The normalized spacial score (nSPS) is 18.0. The third-order valence-corrected chi connectivity index (χ3v) is 4.33. The summed E-state index contributed by atoms with van der Waals surface area (Å²) in [5.74, 6) is -0.500. The summed E-state index contributed by atoms with van der Waals surface area (Å²) in [6.45, 7) is 6.04. The molecule has 0 fully saturated rings. The molecule has 0 aromatic heterocycles. The molecular formula is C19H20F2N2OS. The second-order valence-corrected chi connectivity index (χ2v) is 7.29. The van der Waals surface area contributed by atoms with Gasteiger partial charge in [-0.15, -0.1) is 0 Å². The molecule has 1 heterocycles. The van der Waals surface area contributed by atoms with Crippen LogP contribution in [0, 0.1) is 18.6 Å². The molecule has 3 rings (SSSR count). The summed E-state index contributed by atoms with van der Waals surface area (Å²) in [4.78, 5) is 0. The summed E-state index contributed by atoms with van der Waals surface area (Å²) in [5, 5.41) is 6.30. The van der Waals surface area contributed by atoms with E-state index in [2.05, 4.69) is 16.7 Å². The molecule has 0 amide bonds. The Labute approximate surface area is 151 Å². The highest BCUT2D eigenvalue weighted by Crippen LogP contribution is 2.39. The van der Waals surface area contributed by atoms with Crippen LogP contribution in [0.1, 0.15) is 37.4 Å². The van der Waals surface area contributed by atoms with Gasteiger partial charge in [-0.25, -0.2) is 8.78 Å². The third kappa shape index (κ3) is 4.07. The number of fused-ring (bicyclic) bond motifs is 1. The number of hydrogen-bond donors (Lipinski definition) is 2. The van der Waals surface area contributed by atoms with E-state index in [1.54, 1.807) is 0 Å². The van der Waals surface area contributed by atoms with E-state index in [1.165, 1.54) is 12.1 Å². The largest absolute Gasteiger partial charge is 0.487 e. The lowest BCUT2D eigenvalue weighted by molar-refractivity contribution is 0.0696. The molecule has 25 heavy (non-hydrogen) atoms. The van der Waals surface area contributed by atoms with Crippen molar-refractivity contribution in [3.05, 3.63) is 59.2 Å². The first-order valence-electron chi connectivity index (χ1n) is 8.06. The van der Waals surface area contributed by atoms with Crippen LogP contribution in [0.4, 0.5) is 14.5 Å². The third-order valence-electron chi connectivity index (χ3n) is 4.11. The maximum absolute atomic E-state index is 13.8. The molecular weight excluding hydrogens is 342 g/mol. The standard InChI is InChI=1S/C19H20F2N2OS/c1-11-4-7-17-13(8-11)16(10-19(2,3)24-17)23-18(25)22-15-6-5-12(20)9-14(15)21/h4-9,16H,10H2,1-3H3,(H2,22,23,25)/t16-/m1/s1. The van der Waals surface area contributed by atoms with Gasteiger partial charge < -0.3 is 15.4 Å². The Bertz CT molecular complexity index is 823. The van der Waals surface area contributed by atoms with Gasteiger partial charge in [0.1, 0.15) is 23.0 Å². The smallest absolute Gasteiger partial charge is 0.171 e. The molecule has 0 unspecified atom stereocenters. The van der Waals surface area contributed by atoms with Crippen LogP contribution >= 0.6 is 12.2 Å². The summed E-state index contributed by atoms with van der Waals surface area (Å²) < 4.78 is 32.8. The predicted molar refractivity (Wildman–Crippen MR) is 99.0 cm³/mol. The summed E-state index contributed by atoms with van der Waals surface area (Å²) in [6.07, 6.45) is 0.706. The zero-order valence-corrected chi connectivity index (χ0v) is 15.1. The van der Waals surface area contributed by atoms with Crippen LogP contribution in [-0.4, -0.2) is 10.7 Å². The van der Waals surface area contributed by atoms with Crippen LogP contribution in [0.3, 0.4) is 0 Å². The number of rotatable bonds is 2. The van der Waals surface area contributed by atoms with Gasteiger partial charge in [0.15, 0.2) is 5.11 Å². The van der Waals surface area contributed by atoms with Crippen LogP contribution in [-0.2, 0) is 0 Å². The zero-order chi connectivity index (χ0) is 18.2. The molecule has 0 aliphatic carbocycles.